The Morgan fingerprint density at radius 3 is 2.54 bits per heavy atom. The first-order chi connectivity index (χ1) is 17.9. The van der Waals surface area contributed by atoms with E-state index in [4.69, 9.17) is 10.00 Å². The number of aromatic nitrogens is 1. The fourth-order valence-corrected chi connectivity index (χ4v) is 5.03. The van der Waals surface area contributed by atoms with Crippen LogP contribution >= 0.6 is 0 Å². The second-order valence-corrected chi connectivity index (χ2v) is 9.22. The Bertz CT molecular complexity index is 1440. The molecule has 0 saturated carbocycles. The maximum atomic E-state index is 13.2. The number of rotatable bonds is 4. The Kier molecular flexibility index (Phi) is 6.51. The van der Waals surface area contributed by atoms with Crippen LogP contribution in [0.4, 0.5) is 26.7 Å². The van der Waals surface area contributed by atoms with E-state index in [0.29, 0.717) is 42.3 Å². The summed E-state index contributed by atoms with van der Waals surface area (Å²) in [5.41, 5.74) is 2.32. The van der Waals surface area contributed by atoms with E-state index in [2.05, 4.69) is 16.0 Å². The fraction of sp³-hybridized carbons (Fsp3) is 0.259. The summed E-state index contributed by atoms with van der Waals surface area (Å²) >= 11 is 0. The second kappa shape index (κ2) is 10.1. The Labute approximate surface area is 213 Å². The van der Waals surface area contributed by atoms with Crippen molar-refractivity contribution >= 4 is 29.1 Å². The van der Waals surface area contributed by atoms with Gasteiger partial charge in [-0.15, -0.1) is 0 Å². The highest BCUT2D eigenvalue weighted by Crippen LogP contribution is 2.35. The smallest absolute Gasteiger partial charge is 0.323 e. The standard InChI is InChI=1S/C27H26N6O4/c1-37-22-7-5-20(6-8-22)30-27(36)32-14-18-11-19(16-32)24-10-9-23(25(34)33(24)15-18)31-26(35)29-21-4-2-3-17(12-21)13-28/h2-10,12,18-19H,11,14-16H2,1H3,(H,30,36)(H2,29,31,35)/t18-,19+/m0/s1. The lowest BCUT2D eigenvalue weighted by Gasteiger charge is -2.42. The van der Waals surface area contributed by atoms with Gasteiger partial charge in [-0.3, -0.25) is 4.79 Å². The summed E-state index contributed by atoms with van der Waals surface area (Å²) in [7, 11) is 1.59. The van der Waals surface area contributed by atoms with Crippen molar-refractivity contribution in [2.24, 2.45) is 5.92 Å². The number of hydrogen-bond acceptors (Lipinski definition) is 5. The lowest BCUT2D eigenvalue weighted by molar-refractivity contribution is 0.139. The predicted octanol–water partition coefficient (Wildman–Crippen LogP) is 4.02. The highest BCUT2D eigenvalue weighted by atomic mass is 16.5. The van der Waals surface area contributed by atoms with Crippen molar-refractivity contribution in [1.29, 1.82) is 5.26 Å². The molecule has 0 radical (unpaired) electrons. The number of amides is 4. The summed E-state index contributed by atoms with van der Waals surface area (Å²) in [6, 6.07) is 18.4. The molecule has 2 atom stereocenters. The van der Waals surface area contributed by atoms with Gasteiger partial charge in [-0.1, -0.05) is 6.07 Å². The number of hydrogen-bond donors (Lipinski definition) is 3. The molecule has 0 unspecified atom stereocenters. The van der Waals surface area contributed by atoms with Gasteiger partial charge >= 0.3 is 12.1 Å². The number of carbonyl (C=O) groups is 2. The van der Waals surface area contributed by atoms with Gasteiger partial charge < -0.3 is 30.2 Å². The minimum absolute atomic E-state index is 0.0263. The summed E-state index contributed by atoms with van der Waals surface area (Å²) in [6.45, 7) is 1.51. The summed E-state index contributed by atoms with van der Waals surface area (Å²) in [5.74, 6) is 0.869. The third-order valence-corrected chi connectivity index (χ3v) is 6.73. The number of benzene rings is 2. The second-order valence-electron chi connectivity index (χ2n) is 9.22. The first kappa shape index (κ1) is 23.9. The Morgan fingerprint density at radius 2 is 1.78 bits per heavy atom. The topological polar surface area (TPSA) is 128 Å². The van der Waals surface area contributed by atoms with Gasteiger partial charge in [-0.05, 0) is 66.9 Å². The minimum atomic E-state index is -0.565. The number of likely N-dealkylation sites (tertiary alicyclic amines) is 1. The third kappa shape index (κ3) is 5.11. The van der Waals surface area contributed by atoms with Crippen molar-refractivity contribution in [2.45, 2.75) is 18.9 Å². The molecule has 3 aromatic rings. The van der Waals surface area contributed by atoms with E-state index in [1.54, 1.807) is 71.2 Å². The van der Waals surface area contributed by atoms with Crippen LogP contribution in [0.15, 0.2) is 65.5 Å². The zero-order valence-corrected chi connectivity index (χ0v) is 20.2. The maximum absolute atomic E-state index is 13.2. The fourth-order valence-electron chi connectivity index (χ4n) is 5.03. The molecule has 0 spiro atoms. The average Bonchev–Trinajstić information content (AvgIpc) is 2.91. The molecule has 10 heteroatoms. The van der Waals surface area contributed by atoms with Gasteiger partial charge in [-0.25, -0.2) is 9.59 Å². The van der Waals surface area contributed by atoms with Crippen molar-refractivity contribution in [2.75, 3.05) is 36.1 Å². The number of fused-ring (bicyclic) bond motifs is 4. The molecule has 4 amide bonds. The van der Waals surface area contributed by atoms with Crippen LogP contribution in [-0.2, 0) is 6.54 Å². The molecule has 5 rings (SSSR count). The molecular formula is C27H26N6O4. The first-order valence-corrected chi connectivity index (χ1v) is 12.0. The highest BCUT2D eigenvalue weighted by Gasteiger charge is 2.36. The number of anilines is 3. The van der Waals surface area contributed by atoms with E-state index in [-0.39, 0.29) is 29.1 Å². The molecule has 10 nitrogen and oxygen atoms in total. The quantitative estimate of drug-likeness (QED) is 0.500. The lowest BCUT2D eigenvalue weighted by Crippen LogP contribution is -2.50. The summed E-state index contributed by atoms with van der Waals surface area (Å²) in [6.07, 6.45) is 0.897. The predicted molar refractivity (Wildman–Crippen MR) is 139 cm³/mol. The molecular weight excluding hydrogens is 472 g/mol. The Balaban J connectivity index is 1.27. The number of urea groups is 2. The zero-order chi connectivity index (χ0) is 25.9. The molecule has 1 aromatic heterocycles. The normalized spacial score (nSPS) is 17.7. The number of pyridine rings is 1. The van der Waals surface area contributed by atoms with Gasteiger partial charge in [0.15, 0.2) is 0 Å². The largest absolute Gasteiger partial charge is 0.497 e. The van der Waals surface area contributed by atoms with Crippen molar-refractivity contribution < 1.29 is 14.3 Å². The van der Waals surface area contributed by atoms with E-state index in [9.17, 15) is 14.4 Å². The Hall–Kier alpha value is -4.78. The zero-order valence-electron chi connectivity index (χ0n) is 20.2. The number of ether oxygens (including phenoxy) is 1. The average molecular weight is 499 g/mol. The molecule has 1 fully saturated rings. The molecule has 2 aliphatic rings. The molecule has 188 valence electrons. The van der Waals surface area contributed by atoms with E-state index in [1.165, 1.54) is 0 Å². The summed E-state index contributed by atoms with van der Waals surface area (Å²) in [4.78, 5) is 40.4. The number of nitriles is 1. The van der Waals surface area contributed by atoms with Crippen LogP contribution in [0.5, 0.6) is 5.75 Å². The van der Waals surface area contributed by atoms with E-state index >= 15 is 0 Å². The van der Waals surface area contributed by atoms with Crippen LogP contribution in [0.1, 0.15) is 23.6 Å². The number of carbonyl (C=O) groups excluding carboxylic acids is 2. The number of nitrogens with one attached hydrogen (secondary N) is 3. The van der Waals surface area contributed by atoms with Crippen LogP contribution in [0.2, 0.25) is 0 Å². The first-order valence-electron chi connectivity index (χ1n) is 12.0. The van der Waals surface area contributed by atoms with Crippen LogP contribution in [0.25, 0.3) is 0 Å². The van der Waals surface area contributed by atoms with Crippen molar-refractivity contribution in [3.05, 3.63) is 82.3 Å². The summed E-state index contributed by atoms with van der Waals surface area (Å²) < 4.78 is 6.87. The molecule has 3 N–H and O–H groups in total. The van der Waals surface area contributed by atoms with Gasteiger partial charge in [0.2, 0.25) is 0 Å². The minimum Gasteiger partial charge on any atom is -0.497 e. The highest BCUT2D eigenvalue weighted by molar-refractivity contribution is 5.99. The van der Waals surface area contributed by atoms with Crippen molar-refractivity contribution in [3.8, 4) is 11.8 Å². The molecule has 2 aromatic carbocycles. The van der Waals surface area contributed by atoms with Crippen LogP contribution < -0.4 is 26.2 Å². The SMILES string of the molecule is COc1ccc(NC(=O)N2C[C@@H]3C[C@H](C2)c2ccc(NC(=O)Nc4cccc(C#N)c4)c(=O)n2C3)cc1. The molecule has 1 saturated heterocycles. The number of piperidine rings is 1. The van der Waals surface area contributed by atoms with Gasteiger partial charge in [0.25, 0.3) is 5.56 Å². The van der Waals surface area contributed by atoms with Crippen LogP contribution in [0, 0.1) is 17.2 Å². The molecule has 0 aliphatic carbocycles. The van der Waals surface area contributed by atoms with Crippen LogP contribution in [0.3, 0.4) is 0 Å². The lowest BCUT2D eigenvalue weighted by atomic mass is 9.83. The van der Waals surface area contributed by atoms with Gasteiger partial charge in [0, 0.05) is 42.6 Å². The van der Waals surface area contributed by atoms with Gasteiger partial charge in [0.05, 0.1) is 18.7 Å². The van der Waals surface area contributed by atoms with Crippen molar-refractivity contribution in [1.82, 2.24) is 9.47 Å². The van der Waals surface area contributed by atoms with E-state index in [1.807, 2.05) is 12.1 Å². The monoisotopic (exact) mass is 498 g/mol. The van der Waals surface area contributed by atoms with Crippen LogP contribution in [-0.4, -0.2) is 41.7 Å². The molecule has 2 aliphatic heterocycles. The molecule has 3 heterocycles. The van der Waals surface area contributed by atoms with Gasteiger partial charge in [0.1, 0.15) is 11.4 Å². The number of methoxy groups -OCH3 is 1. The Morgan fingerprint density at radius 1 is 0.973 bits per heavy atom. The maximum Gasteiger partial charge on any atom is 0.323 e. The van der Waals surface area contributed by atoms with Crippen molar-refractivity contribution in [3.63, 3.8) is 0 Å². The van der Waals surface area contributed by atoms with Gasteiger partial charge in [-0.2, -0.15) is 5.26 Å². The third-order valence-electron chi connectivity index (χ3n) is 6.73. The summed E-state index contributed by atoms with van der Waals surface area (Å²) in [5, 5.41) is 17.2. The number of nitrogens with zero attached hydrogens (tertiary/aromatic N) is 3. The molecule has 37 heavy (non-hydrogen) atoms. The molecule has 2 bridgehead atoms. The van der Waals surface area contributed by atoms with E-state index in [0.717, 1.165) is 12.1 Å². The van der Waals surface area contributed by atoms with E-state index < -0.39 is 6.03 Å².